The molecule has 0 bridgehead atoms. The molecule has 12 heavy (non-hydrogen) atoms. The van der Waals surface area contributed by atoms with E-state index in [9.17, 15) is 9.59 Å². The lowest BCUT2D eigenvalue weighted by Crippen LogP contribution is -2.24. The predicted octanol–water partition coefficient (Wildman–Crippen LogP) is -1.45. The number of nitrogens with two attached hydrogens (primary N) is 1. The molecule has 0 aromatic rings. The predicted molar refractivity (Wildman–Crippen MR) is 34.2 cm³/mol. The number of carbonyl (C=O) groups is 3. The highest BCUT2D eigenvalue weighted by Gasteiger charge is 2.24. The minimum Gasteiger partial charge on any atom is -0.465 e. The first kappa shape index (κ1) is 10.2. The second-order valence-corrected chi connectivity index (χ2v) is 1.75. The zero-order chi connectivity index (χ0) is 9.72. The summed E-state index contributed by atoms with van der Waals surface area (Å²) in [7, 11) is 0. The van der Waals surface area contributed by atoms with Gasteiger partial charge in [-0.3, -0.25) is 15.3 Å². The van der Waals surface area contributed by atoms with Crippen LogP contribution >= 0.6 is 0 Å². The van der Waals surface area contributed by atoms with Gasteiger partial charge < -0.3 is 10.8 Å². The molecule has 0 radical (unpaired) electrons. The zero-order valence-corrected chi connectivity index (χ0v) is 5.85. The first-order chi connectivity index (χ1) is 5.43. The van der Waals surface area contributed by atoms with Crippen molar-refractivity contribution >= 4 is 18.0 Å². The van der Waals surface area contributed by atoms with Gasteiger partial charge in [-0.2, -0.15) is 5.06 Å². The molecule has 1 fully saturated rings. The maximum absolute atomic E-state index is 10.1. The monoisotopic (exact) mass is 177 g/mol. The van der Waals surface area contributed by atoms with E-state index >= 15 is 0 Å². The second-order valence-electron chi connectivity index (χ2n) is 1.75. The highest BCUT2D eigenvalue weighted by molar-refractivity contribution is 6.01. The lowest BCUT2D eigenvalue weighted by molar-refractivity contribution is -0.121. The SMILES string of the molecule is NC(=O)O.O=C1CN(O)C(=O)N1. The Labute approximate surface area is 66.5 Å². The van der Waals surface area contributed by atoms with Crippen LogP contribution in [0.4, 0.5) is 9.59 Å². The van der Waals surface area contributed by atoms with Crippen LogP contribution in [0.1, 0.15) is 0 Å². The number of amides is 4. The van der Waals surface area contributed by atoms with Crippen molar-refractivity contribution in [1.82, 2.24) is 10.4 Å². The van der Waals surface area contributed by atoms with Gasteiger partial charge in [-0.15, -0.1) is 0 Å². The van der Waals surface area contributed by atoms with E-state index in [1.807, 2.05) is 5.32 Å². The van der Waals surface area contributed by atoms with E-state index in [-0.39, 0.29) is 6.54 Å². The molecule has 68 valence electrons. The minimum atomic E-state index is -1.33. The molecule has 1 heterocycles. The molecule has 1 rings (SSSR count). The number of hydrogen-bond acceptors (Lipinski definition) is 4. The van der Waals surface area contributed by atoms with E-state index in [0.29, 0.717) is 5.06 Å². The summed E-state index contributed by atoms with van der Waals surface area (Å²) >= 11 is 0. The molecule has 0 aromatic heterocycles. The molecular weight excluding hydrogens is 170 g/mol. The Bertz CT molecular complexity index is 211. The summed E-state index contributed by atoms with van der Waals surface area (Å²) in [5.74, 6) is -0.475. The Morgan fingerprint density at radius 3 is 2.08 bits per heavy atom. The van der Waals surface area contributed by atoms with E-state index in [2.05, 4.69) is 5.73 Å². The first-order valence-corrected chi connectivity index (χ1v) is 2.72. The molecule has 1 aliphatic rings. The Kier molecular flexibility index (Phi) is 3.50. The van der Waals surface area contributed by atoms with Crippen molar-refractivity contribution in [3.63, 3.8) is 0 Å². The number of imide groups is 1. The van der Waals surface area contributed by atoms with E-state index in [0.717, 1.165) is 0 Å². The van der Waals surface area contributed by atoms with E-state index in [1.165, 1.54) is 0 Å². The van der Waals surface area contributed by atoms with Crippen LogP contribution < -0.4 is 11.1 Å². The van der Waals surface area contributed by atoms with Gasteiger partial charge in [0.25, 0.3) is 0 Å². The number of nitrogens with zero attached hydrogens (tertiary/aromatic N) is 1. The number of primary amides is 1. The maximum Gasteiger partial charge on any atom is 0.402 e. The third-order valence-corrected chi connectivity index (χ3v) is 0.774. The molecule has 8 nitrogen and oxygen atoms in total. The van der Waals surface area contributed by atoms with Crippen LogP contribution in [0.2, 0.25) is 0 Å². The Hall–Kier alpha value is -1.83. The summed E-state index contributed by atoms with van der Waals surface area (Å²) in [6.07, 6.45) is -1.33. The van der Waals surface area contributed by atoms with Crippen LogP contribution in [0.25, 0.3) is 0 Å². The summed E-state index contributed by atoms with van der Waals surface area (Å²) in [4.78, 5) is 29.0. The van der Waals surface area contributed by atoms with Gasteiger partial charge in [0.2, 0.25) is 5.91 Å². The van der Waals surface area contributed by atoms with Crippen LogP contribution in [0, 0.1) is 0 Å². The molecule has 1 aliphatic heterocycles. The van der Waals surface area contributed by atoms with Crippen molar-refractivity contribution < 1.29 is 24.7 Å². The number of rotatable bonds is 0. The smallest absolute Gasteiger partial charge is 0.402 e. The Balaban J connectivity index is 0.000000261. The van der Waals surface area contributed by atoms with Crippen LogP contribution in [0.3, 0.4) is 0 Å². The van der Waals surface area contributed by atoms with Crippen LogP contribution in [-0.4, -0.2) is 40.0 Å². The van der Waals surface area contributed by atoms with Crippen molar-refractivity contribution in [1.29, 1.82) is 0 Å². The van der Waals surface area contributed by atoms with Crippen molar-refractivity contribution in [2.24, 2.45) is 5.73 Å². The molecular formula is C4H7N3O5. The Morgan fingerprint density at radius 2 is 2.00 bits per heavy atom. The van der Waals surface area contributed by atoms with Gasteiger partial charge in [0, 0.05) is 0 Å². The summed E-state index contributed by atoms with van der Waals surface area (Å²) < 4.78 is 0. The normalized spacial score (nSPS) is 14.9. The van der Waals surface area contributed by atoms with Gasteiger partial charge in [-0.1, -0.05) is 0 Å². The maximum atomic E-state index is 10.1. The van der Waals surface area contributed by atoms with E-state index in [1.54, 1.807) is 0 Å². The molecule has 8 heteroatoms. The standard InChI is InChI=1S/C3H4N2O3.CH3NO2/c6-2-1-5(8)3(7)4-2;2-1(3)4/h8H,1H2,(H,4,6,7);2H2,(H,3,4). The molecule has 0 unspecified atom stereocenters. The highest BCUT2D eigenvalue weighted by Crippen LogP contribution is 1.90. The first-order valence-electron chi connectivity index (χ1n) is 2.72. The second kappa shape index (κ2) is 4.13. The molecule has 0 saturated carbocycles. The molecule has 1 saturated heterocycles. The molecule has 5 N–H and O–H groups in total. The van der Waals surface area contributed by atoms with Crippen LogP contribution in [0.15, 0.2) is 0 Å². The number of carbonyl (C=O) groups excluding carboxylic acids is 2. The Morgan fingerprint density at radius 1 is 1.58 bits per heavy atom. The lowest BCUT2D eigenvalue weighted by atomic mass is 10.7. The summed E-state index contributed by atoms with van der Waals surface area (Å²) in [5, 5.41) is 17.7. The van der Waals surface area contributed by atoms with Gasteiger partial charge >= 0.3 is 12.1 Å². The fourth-order valence-corrected chi connectivity index (χ4v) is 0.431. The minimum absolute atomic E-state index is 0.251. The van der Waals surface area contributed by atoms with E-state index in [4.69, 9.17) is 15.1 Å². The van der Waals surface area contributed by atoms with Crippen molar-refractivity contribution in [2.45, 2.75) is 0 Å². The average Bonchev–Trinajstić information content (AvgIpc) is 2.08. The molecule has 0 aromatic carbocycles. The zero-order valence-electron chi connectivity index (χ0n) is 5.85. The van der Waals surface area contributed by atoms with Crippen molar-refractivity contribution in [2.75, 3.05) is 6.54 Å². The quantitative estimate of drug-likeness (QED) is 0.265. The number of nitrogens with one attached hydrogen (secondary N) is 1. The van der Waals surface area contributed by atoms with Gasteiger partial charge in [0.15, 0.2) is 0 Å². The molecule has 0 spiro atoms. The molecule has 4 amide bonds. The average molecular weight is 177 g/mol. The van der Waals surface area contributed by atoms with E-state index < -0.39 is 18.0 Å². The molecule has 0 aliphatic carbocycles. The third-order valence-electron chi connectivity index (χ3n) is 0.774. The largest absolute Gasteiger partial charge is 0.465 e. The van der Waals surface area contributed by atoms with Crippen molar-refractivity contribution in [3.8, 4) is 0 Å². The number of urea groups is 1. The topological polar surface area (TPSA) is 133 Å². The highest BCUT2D eigenvalue weighted by atomic mass is 16.5. The summed E-state index contributed by atoms with van der Waals surface area (Å²) in [6, 6.07) is -0.755. The number of hydrogen-bond donors (Lipinski definition) is 4. The van der Waals surface area contributed by atoms with Crippen LogP contribution in [-0.2, 0) is 4.79 Å². The number of carboxylic acid groups (broad SMARTS) is 1. The number of hydroxylamine groups is 2. The van der Waals surface area contributed by atoms with Crippen LogP contribution in [0.5, 0.6) is 0 Å². The van der Waals surface area contributed by atoms with Gasteiger partial charge in [0.05, 0.1) is 0 Å². The fraction of sp³-hybridized carbons (Fsp3) is 0.250. The third kappa shape index (κ3) is 4.06. The van der Waals surface area contributed by atoms with Gasteiger partial charge in [-0.25, -0.2) is 9.59 Å². The lowest BCUT2D eigenvalue weighted by Gasteiger charge is -1.97. The summed E-state index contributed by atoms with van der Waals surface area (Å²) in [6.45, 7) is -0.251. The van der Waals surface area contributed by atoms with Gasteiger partial charge in [0.1, 0.15) is 6.54 Å². The fourth-order valence-electron chi connectivity index (χ4n) is 0.431. The summed E-state index contributed by atoms with van der Waals surface area (Å²) in [5.41, 5.74) is 4.03. The van der Waals surface area contributed by atoms with Gasteiger partial charge in [-0.05, 0) is 0 Å². The van der Waals surface area contributed by atoms with Crippen molar-refractivity contribution in [3.05, 3.63) is 0 Å². The molecule has 0 atom stereocenters.